The Morgan fingerprint density at radius 2 is 1.86 bits per heavy atom. The zero-order valence-electron chi connectivity index (χ0n) is 16.6. The lowest BCUT2D eigenvalue weighted by atomic mass is 9.49. The first-order valence-electron chi connectivity index (χ1n) is 10.1. The molecule has 4 bridgehead atoms. The molecule has 0 aromatic heterocycles. The number of hydrogen-bond acceptors (Lipinski definition) is 5. The van der Waals surface area contributed by atoms with E-state index < -0.39 is 4.92 Å². The van der Waals surface area contributed by atoms with Crippen molar-refractivity contribution in [3.05, 3.63) is 33.9 Å². The average Bonchev–Trinajstić information content (AvgIpc) is 2.59. The molecule has 4 fully saturated rings. The molecule has 7 nitrogen and oxygen atoms in total. The third-order valence-electron chi connectivity index (χ3n) is 6.78. The summed E-state index contributed by atoms with van der Waals surface area (Å²) in [6.45, 7) is 0. The second kappa shape index (κ2) is 7.18. The van der Waals surface area contributed by atoms with Gasteiger partial charge in [0.15, 0.2) is 0 Å². The summed E-state index contributed by atoms with van der Waals surface area (Å²) in [7, 11) is 3.53. The van der Waals surface area contributed by atoms with Crippen LogP contribution in [-0.4, -0.2) is 31.1 Å². The minimum absolute atomic E-state index is 0.0221. The van der Waals surface area contributed by atoms with Gasteiger partial charge in [-0.25, -0.2) is 5.43 Å². The maximum Gasteiger partial charge on any atom is 0.293 e. The van der Waals surface area contributed by atoms with Crippen LogP contribution >= 0.6 is 0 Å². The predicted molar refractivity (Wildman–Crippen MR) is 108 cm³/mol. The molecular weight excluding hydrogens is 356 g/mol. The molecule has 0 unspecified atom stereocenters. The molecule has 7 heteroatoms. The number of nitrogens with zero attached hydrogens (tertiary/aromatic N) is 3. The number of nitrogens with one attached hydrogen (secondary N) is 1. The van der Waals surface area contributed by atoms with Gasteiger partial charge in [0.05, 0.1) is 11.1 Å². The SMILES string of the molecule is CN(C)c1ccc(/C=N\NC(=O)CC23CC4CC(CC(C4)C2)C3)cc1[N+](=O)[O-]. The zero-order valence-corrected chi connectivity index (χ0v) is 16.6. The first kappa shape index (κ1) is 18.9. The van der Waals surface area contributed by atoms with E-state index in [1.165, 1.54) is 50.8 Å². The molecule has 0 radical (unpaired) electrons. The lowest BCUT2D eigenvalue weighted by Crippen LogP contribution is -2.47. The number of nitro benzene ring substituents is 1. The highest BCUT2D eigenvalue weighted by molar-refractivity contribution is 5.85. The zero-order chi connectivity index (χ0) is 19.9. The molecule has 1 aromatic rings. The maximum absolute atomic E-state index is 12.5. The highest BCUT2D eigenvalue weighted by atomic mass is 16.6. The Bertz CT molecular complexity index is 783. The summed E-state index contributed by atoms with van der Waals surface area (Å²) in [5, 5.41) is 15.3. The minimum Gasteiger partial charge on any atom is -0.372 e. The van der Waals surface area contributed by atoms with Crippen LogP contribution in [0.25, 0.3) is 0 Å². The van der Waals surface area contributed by atoms with Gasteiger partial charge in [0, 0.05) is 32.1 Å². The number of benzene rings is 1. The molecule has 0 atom stereocenters. The molecule has 5 rings (SSSR count). The Balaban J connectivity index is 1.38. The molecule has 0 saturated heterocycles. The van der Waals surface area contributed by atoms with E-state index in [2.05, 4.69) is 10.5 Å². The van der Waals surface area contributed by atoms with Gasteiger partial charge in [-0.05, 0) is 67.8 Å². The summed E-state index contributed by atoms with van der Waals surface area (Å²) in [5.41, 5.74) is 3.97. The van der Waals surface area contributed by atoms with Gasteiger partial charge >= 0.3 is 0 Å². The third kappa shape index (κ3) is 3.75. The van der Waals surface area contributed by atoms with Crippen LogP contribution in [0.5, 0.6) is 0 Å². The Hall–Kier alpha value is -2.44. The number of rotatable bonds is 6. The summed E-state index contributed by atoms with van der Waals surface area (Å²) in [6.07, 6.45) is 9.68. The number of anilines is 1. The number of carbonyl (C=O) groups excluding carboxylic acids is 1. The molecule has 4 aliphatic rings. The van der Waals surface area contributed by atoms with Gasteiger partial charge in [0.2, 0.25) is 5.91 Å². The molecule has 1 amide bonds. The number of nitro groups is 1. The standard InChI is InChI=1S/C21H28N4O3/c1-24(2)18-4-3-14(8-19(18)25(27)28)13-22-23-20(26)12-21-9-15-5-16(10-21)7-17(6-15)11-21/h3-4,8,13,15-17H,5-7,9-12H2,1-2H3,(H,23,26)/b22-13-. The highest BCUT2D eigenvalue weighted by Crippen LogP contribution is 2.61. The fraction of sp³-hybridized carbons (Fsp3) is 0.619. The topological polar surface area (TPSA) is 87.8 Å². The van der Waals surface area contributed by atoms with Crippen molar-refractivity contribution in [2.45, 2.75) is 44.9 Å². The van der Waals surface area contributed by atoms with Crippen LogP contribution in [0.15, 0.2) is 23.3 Å². The third-order valence-corrected chi connectivity index (χ3v) is 6.78. The molecule has 4 aliphatic carbocycles. The Kier molecular flexibility index (Phi) is 4.85. The van der Waals surface area contributed by atoms with E-state index in [-0.39, 0.29) is 17.0 Å². The predicted octanol–water partition coefficient (Wildman–Crippen LogP) is 3.72. The van der Waals surface area contributed by atoms with Crippen LogP contribution in [0.3, 0.4) is 0 Å². The molecule has 0 aliphatic heterocycles. The van der Waals surface area contributed by atoms with Gasteiger partial charge in [-0.15, -0.1) is 0 Å². The Labute approximate surface area is 165 Å². The first-order valence-corrected chi connectivity index (χ1v) is 10.1. The first-order chi connectivity index (χ1) is 13.3. The van der Waals surface area contributed by atoms with Crippen molar-refractivity contribution in [1.29, 1.82) is 0 Å². The van der Waals surface area contributed by atoms with E-state index in [0.717, 1.165) is 17.8 Å². The number of hydrazone groups is 1. The van der Waals surface area contributed by atoms with Crippen molar-refractivity contribution in [3.63, 3.8) is 0 Å². The van der Waals surface area contributed by atoms with E-state index in [9.17, 15) is 14.9 Å². The van der Waals surface area contributed by atoms with Gasteiger partial charge in [0.1, 0.15) is 5.69 Å². The molecule has 0 spiro atoms. The Morgan fingerprint density at radius 1 is 1.25 bits per heavy atom. The smallest absolute Gasteiger partial charge is 0.293 e. The monoisotopic (exact) mass is 384 g/mol. The van der Waals surface area contributed by atoms with Crippen LogP contribution in [0.4, 0.5) is 11.4 Å². The van der Waals surface area contributed by atoms with Crippen molar-refractivity contribution in [1.82, 2.24) is 5.43 Å². The second-order valence-electron chi connectivity index (χ2n) is 9.29. The minimum atomic E-state index is -0.404. The van der Waals surface area contributed by atoms with E-state index >= 15 is 0 Å². The molecule has 1 aromatic carbocycles. The molecule has 4 saturated carbocycles. The summed E-state index contributed by atoms with van der Waals surface area (Å²) in [4.78, 5) is 25.1. The number of hydrogen-bond donors (Lipinski definition) is 1. The summed E-state index contributed by atoms with van der Waals surface area (Å²) < 4.78 is 0. The van der Waals surface area contributed by atoms with Gasteiger partial charge in [-0.1, -0.05) is 6.07 Å². The van der Waals surface area contributed by atoms with Crippen molar-refractivity contribution < 1.29 is 9.72 Å². The molecule has 1 N–H and O–H groups in total. The summed E-state index contributed by atoms with van der Waals surface area (Å²) >= 11 is 0. The van der Waals surface area contributed by atoms with Crippen LogP contribution in [0.2, 0.25) is 0 Å². The van der Waals surface area contributed by atoms with Gasteiger partial charge in [-0.3, -0.25) is 14.9 Å². The summed E-state index contributed by atoms with van der Waals surface area (Å²) in [6, 6.07) is 4.93. The van der Waals surface area contributed by atoms with Crippen LogP contribution < -0.4 is 10.3 Å². The molecule has 150 valence electrons. The van der Waals surface area contributed by atoms with E-state index in [1.807, 2.05) is 0 Å². The normalized spacial score (nSPS) is 30.6. The summed E-state index contributed by atoms with van der Waals surface area (Å²) in [5.74, 6) is 2.41. The van der Waals surface area contributed by atoms with Gasteiger partial charge in [0.25, 0.3) is 5.69 Å². The van der Waals surface area contributed by atoms with Crippen LogP contribution in [-0.2, 0) is 4.79 Å². The lowest BCUT2D eigenvalue weighted by molar-refractivity contribution is -0.384. The average molecular weight is 384 g/mol. The lowest BCUT2D eigenvalue weighted by Gasteiger charge is -2.56. The number of carbonyl (C=O) groups is 1. The maximum atomic E-state index is 12.5. The van der Waals surface area contributed by atoms with Gasteiger partial charge < -0.3 is 4.90 Å². The van der Waals surface area contributed by atoms with Crippen LogP contribution in [0.1, 0.15) is 50.5 Å². The van der Waals surface area contributed by atoms with E-state index in [0.29, 0.717) is 17.7 Å². The van der Waals surface area contributed by atoms with Gasteiger partial charge in [-0.2, -0.15) is 5.10 Å². The Morgan fingerprint density at radius 3 is 2.39 bits per heavy atom. The second-order valence-corrected chi connectivity index (χ2v) is 9.29. The highest BCUT2D eigenvalue weighted by Gasteiger charge is 2.51. The molecule has 0 heterocycles. The fourth-order valence-corrected chi connectivity index (χ4v) is 6.21. The quantitative estimate of drug-likeness (QED) is 0.460. The molecular formula is C21H28N4O3. The van der Waals surface area contributed by atoms with Crippen molar-refractivity contribution in [3.8, 4) is 0 Å². The van der Waals surface area contributed by atoms with Crippen molar-refractivity contribution >= 4 is 23.5 Å². The van der Waals surface area contributed by atoms with Crippen molar-refractivity contribution in [2.24, 2.45) is 28.3 Å². The number of amides is 1. The van der Waals surface area contributed by atoms with E-state index in [1.54, 1.807) is 31.1 Å². The fourth-order valence-electron chi connectivity index (χ4n) is 6.21. The van der Waals surface area contributed by atoms with Crippen molar-refractivity contribution in [2.75, 3.05) is 19.0 Å². The van der Waals surface area contributed by atoms with Crippen LogP contribution in [0, 0.1) is 33.3 Å². The van der Waals surface area contributed by atoms with E-state index in [4.69, 9.17) is 0 Å². The largest absolute Gasteiger partial charge is 0.372 e. The molecule has 28 heavy (non-hydrogen) atoms.